The van der Waals surface area contributed by atoms with Gasteiger partial charge in [0.25, 0.3) is 11.8 Å². The number of aromatic nitrogens is 2. The van der Waals surface area contributed by atoms with Crippen LogP contribution in [0.15, 0.2) is 72.2 Å². The van der Waals surface area contributed by atoms with Crippen LogP contribution in [-0.2, 0) is 13.1 Å². The number of nitrogens with zero attached hydrogens (tertiary/aromatic N) is 5. The highest BCUT2D eigenvalue weighted by molar-refractivity contribution is 7.09. The number of carbonyl (C=O) groups is 2. The second-order valence-electron chi connectivity index (χ2n) is 9.72. The maximum Gasteiger partial charge on any atom is 0.273 e. The quantitative estimate of drug-likeness (QED) is 0.251. The monoisotopic (exact) mass is 579 g/mol. The van der Waals surface area contributed by atoms with E-state index in [0.717, 1.165) is 35.9 Å². The van der Waals surface area contributed by atoms with Gasteiger partial charge >= 0.3 is 0 Å². The molecule has 0 spiro atoms. The summed E-state index contributed by atoms with van der Waals surface area (Å²) in [5.41, 5.74) is 2.50. The van der Waals surface area contributed by atoms with Gasteiger partial charge in [0.2, 0.25) is 0 Å². The van der Waals surface area contributed by atoms with E-state index in [0.29, 0.717) is 43.4 Å². The van der Waals surface area contributed by atoms with Crippen LogP contribution in [-0.4, -0.2) is 63.9 Å². The van der Waals surface area contributed by atoms with Gasteiger partial charge in [0, 0.05) is 60.7 Å². The van der Waals surface area contributed by atoms with E-state index in [4.69, 9.17) is 11.6 Å². The third kappa shape index (κ3) is 6.37. The van der Waals surface area contributed by atoms with Gasteiger partial charge in [-0.15, -0.1) is 11.3 Å². The molecule has 0 saturated carbocycles. The van der Waals surface area contributed by atoms with Gasteiger partial charge < -0.3 is 19.3 Å². The van der Waals surface area contributed by atoms with Crippen LogP contribution >= 0.6 is 22.9 Å². The Morgan fingerprint density at radius 3 is 2.60 bits per heavy atom. The fourth-order valence-electron chi connectivity index (χ4n) is 4.90. The van der Waals surface area contributed by atoms with Crippen LogP contribution in [0.2, 0.25) is 5.02 Å². The zero-order chi connectivity index (χ0) is 28.1. The van der Waals surface area contributed by atoms with Crippen molar-refractivity contribution in [3.63, 3.8) is 0 Å². The molecule has 1 fully saturated rings. The molecule has 0 unspecified atom stereocenters. The van der Waals surface area contributed by atoms with Crippen LogP contribution in [0, 0.1) is 5.82 Å². The first kappa shape index (κ1) is 27.9. The molecule has 2 aromatic carbocycles. The van der Waals surface area contributed by atoms with E-state index in [1.54, 1.807) is 17.0 Å². The first-order valence-electron chi connectivity index (χ1n) is 13.3. The van der Waals surface area contributed by atoms with E-state index in [2.05, 4.69) is 9.88 Å². The molecule has 10 heteroatoms. The molecule has 0 radical (unpaired) electrons. The second kappa shape index (κ2) is 12.7. The zero-order valence-electron chi connectivity index (χ0n) is 22.3. The molecule has 0 atom stereocenters. The van der Waals surface area contributed by atoms with Gasteiger partial charge in [-0.05, 0) is 48.9 Å². The highest BCUT2D eigenvalue weighted by Crippen LogP contribution is 2.22. The molecule has 0 N–H and O–H groups in total. The van der Waals surface area contributed by atoms with Crippen LogP contribution in [0.1, 0.15) is 44.9 Å². The summed E-state index contributed by atoms with van der Waals surface area (Å²) in [5.74, 6) is -0.911. The minimum atomic E-state index is -0.519. The molecule has 2 aromatic heterocycles. The summed E-state index contributed by atoms with van der Waals surface area (Å²) >= 11 is 7.59. The Bertz CT molecular complexity index is 1480. The number of anilines is 1. The minimum absolute atomic E-state index is 0.0643. The van der Waals surface area contributed by atoms with Crippen molar-refractivity contribution >= 4 is 40.4 Å². The summed E-state index contributed by atoms with van der Waals surface area (Å²) in [7, 11) is 0. The Balaban J connectivity index is 1.21. The third-order valence-corrected chi connectivity index (χ3v) is 8.05. The average molecular weight is 580 g/mol. The molecule has 7 nitrogen and oxygen atoms in total. The molecule has 0 bridgehead atoms. The van der Waals surface area contributed by atoms with Crippen molar-refractivity contribution in [2.75, 3.05) is 37.6 Å². The fraction of sp³-hybridized carbons (Fsp3) is 0.300. The predicted octanol–water partition coefficient (Wildman–Crippen LogP) is 5.80. The first-order chi connectivity index (χ1) is 19.4. The van der Waals surface area contributed by atoms with Gasteiger partial charge in [-0.3, -0.25) is 9.59 Å². The fourth-order valence-corrected chi connectivity index (χ4v) is 5.85. The van der Waals surface area contributed by atoms with Crippen LogP contribution in [0.5, 0.6) is 0 Å². The van der Waals surface area contributed by atoms with Gasteiger partial charge in [0.1, 0.15) is 16.5 Å². The van der Waals surface area contributed by atoms with E-state index >= 15 is 0 Å². The highest BCUT2D eigenvalue weighted by Gasteiger charge is 2.25. The van der Waals surface area contributed by atoms with E-state index < -0.39 is 5.82 Å². The number of carbonyl (C=O) groups excluding carboxylic acids is 2. The molecule has 5 rings (SSSR count). The third-order valence-electron chi connectivity index (χ3n) is 6.98. The first-order valence-corrected chi connectivity index (χ1v) is 14.6. The molecule has 3 heterocycles. The van der Waals surface area contributed by atoms with Crippen LogP contribution in [0.3, 0.4) is 0 Å². The topological polar surface area (TPSA) is 61.7 Å². The smallest absolute Gasteiger partial charge is 0.273 e. The number of piperazine rings is 1. The Morgan fingerprint density at radius 1 is 1.05 bits per heavy atom. The number of amides is 2. The van der Waals surface area contributed by atoms with Crippen LogP contribution < -0.4 is 4.90 Å². The second-order valence-corrected chi connectivity index (χ2v) is 11.1. The Kier molecular flexibility index (Phi) is 8.81. The number of rotatable bonds is 9. The molecule has 208 valence electrons. The average Bonchev–Trinajstić information content (AvgIpc) is 3.62. The standard InChI is InChI=1S/C30H31ClFN5O2S/c1-2-12-37(29(38)25-10-3-4-11-26(25)32)19-24-9-6-13-36(24)20-28-33-27(21-40-28)30(39)35-16-14-34(15-17-35)23-8-5-7-22(31)18-23/h3-11,13,18,21H,2,12,14-17,19-20H2,1H3. The minimum Gasteiger partial charge on any atom is -0.368 e. The lowest BCUT2D eigenvalue weighted by atomic mass is 10.1. The number of benzene rings is 2. The van der Waals surface area contributed by atoms with Crippen molar-refractivity contribution in [1.82, 2.24) is 19.4 Å². The summed E-state index contributed by atoms with van der Waals surface area (Å²) < 4.78 is 16.3. The van der Waals surface area contributed by atoms with Gasteiger partial charge in [0.05, 0.1) is 18.7 Å². The number of hydrogen-bond donors (Lipinski definition) is 0. The maximum absolute atomic E-state index is 14.3. The summed E-state index contributed by atoms with van der Waals surface area (Å²) in [4.78, 5) is 36.7. The van der Waals surface area contributed by atoms with Crippen molar-refractivity contribution in [1.29, 1.82) is 0 Å². The Morgan fingerprint density at radius 2 is 1.85 bits per heavy atom. The molecular weight excluding hydrogens is 549 g/mol. The maximum atomic E-state index is 14.3. The van der Waals surface area contributed by atoms with Crippen molar-refractivity contribution in [3.05, 3.63) is 105 Å². The molecule has 4 aromatic rings. The number of halogens is 2. The van der Waals surface area contributed by atoms with Crippen molar-refractivity contribution < 1.29 is 14.0 Å². The van der Waals surface area contributed by atoms with Crippen molar-refractivity contribution in [3.8, 4) is 0 Å². The van der Waals surface area contributed by atoms with Crippen molar-refractivity contribution in [2.45, 2.75) is 26.4 Å². The molecule has 1 aliphatic rings. The lowest BCUT2D eigenvalue weighted by molar-refractivity contribution is 0.0729. The summed E-state index contributed by atoms with van der Waals surface area (Å²) in [5, 5.41) is 3.32. The highest BCUT2D eigenvalue weighted by atomic mass is 35.5. The van der Waals surface area contributed by atoms with E-state index in [-0.39, 0.29) is 17.4 Å². The largest absolute Gasteiger partial charge is 0.368 e. The number of hydrogen-bond acceptors (Lipinski definition) is 5. The SMILES string of the molecule is CCCN(Cc1cccn1Cc1nc(C(=O)N2CCN(c3cccc(Cl)c3)CC2)cs1)C(=O)c1ccccc1F. The Hall–Kier alpha value is -3.69. The molecule has 1 aliphatic heterocycles. The summed E-state index contributed by atoms with van der Waals surface area (Å²) in [6.07, 6.45) is 2.69. The number of thiazole rings is 1. The molecular formula is C30H31ClFN5O2S. The predicted molar refractivity (Wildman–Crippen MR) is 157 cm³/mol. The molecule has 2 amide bonds. The molecule has 40 heavy (non-hydrogen) atoms. The normalized spacial score (nSPS) is 13.5. The molecule has 1 saturated heterocycles. The van der Waals surface area contributed by atoms with E-state index in [9.17, 15) is 14.0 Å². The molecule has 0 aliphatic carbocycles. The lowest BCUT2D eigenvalue weighted by Crippen LogP contribution is -2.48. The van der Waals surface area contributed by atoms with Gasteiger partial charge in [-0.1, -0.05) is 36.7 Å². The van der Waals surface area contributed by atoms with Crippen LogP contribution in [0.25, 0.3) is 0 Å². The van der Waals surface area contributed by atoms with E-state index in [1.165, 1.54) is 23.5 Å². The van der Waals surface area contributed by atoms with Crippen LogP contribution in [0.4, 0.5) is 10.1 Å². The van der Waals surface area contributed by atoms with E-state index in [1.807, 2.05) is 64.4 Å². The van der Waals surface area contributed by atoms with Gasteiger partial charge in [-0.2, -0.15) is 0 Å². The van der Waals surface area contributed by atoms with Gasteiger partial charge in [0.15, 0.2) is 0 Å². The lowest BCUT2D eigenvalue weighted by Gasteiger charge is -2.35. The Labute approximate surface area is 242 Å². The zero-order valence-corrected chi connectivity index (χ0v) is 23.9. The van der Waals surface area contributed by atoms with Crippen molar-refractivity contribution in [2.24, 2.45) is 0 Å². The summed E-state index contributed by atoms with van der Waals surface area (Å²) in [6, 6.07) is 17.7. The summed E-state index contributed by atoms with van der Waals surface area (Å²) in [6.45, 7) is 6.03. The van der Waals surface area contributed by atoms with Gasteiger partial charge in [-0.25, -0.2) is 9.37 Å².